The van der Waals surface area contributed by atoms with Crippen molar-refractivity contribution in [3.05, 3.63) is 40.3 Å². The molecule has 1 aromatic rings. The fraction of sp³-hybridized carbons (Fsp3) is 0.167. The summed E-state index contributed by atoms with van der Waals surface area (Å²) in [6, 6.07) is 8.05. The summed E-state index contributed by atoms with van der Waals surface area (Å²) in [5.74, 6) is -0.0180. The summed E-state index contributed by atoms with van der Waals surface area (Å²) in [6.07, 6.45) is 1.88. The van der Waals surface area contributed by atoms with Gasteiger partial charge in [-0.3, -0.25) is 9.69 Å². The summed E-state index contributed by atoms with van der Waals surface area (Å²) < 4.78 is 0.614. The number of aryl methyl sites for hydroxylation is 1. The van der Waals surface area contributed by atoms with Gasteiger partial charge in [0.05, 0.1) is 4.91 Å². The number of hydrogen-bond acceptors (Lipinski definition) is 3. The van der Waals surface area contributed by atoms with Gasteiger partial charge >= 0.3 is 0 Å². The maximum absolute atomic E-state index is 11.7. The average Bonchev–Trinajstić information content (AvgIpc) is 2.50. The summed E-state index contributed by atoms with van der Waals surface area (Å²) in [6.45, 7) is 2.04. The van der Waals surface area contributed by atoms with E-state index in [0.29, 0.717) is 9.23 Å². The van der Waals surface area contributed by atoms with Crippen molar-refractivity contribution in [1.82, 2.24) is 4.90 Å². The Kier molecular flexibility index (Phi) is 3.12. The molecule has 82 valence electrons. The Morgan fingerprint density at radius 1 is 1.31 bits per heavy atom. The first-order valence-corrected chi connectivity index (χ1v) is 6.08. The first-order valence-electron chi connectivity index (χ1n) is 4.86. The maximum Gasteiger partial charge on any atom is 0.265 e. The summed E-state index contributed by atoms with van der Waals surface area (Å²) in [7, 11) is 1.70. The van der Waals surface area contributed by atoms with Crippen molar-refractivity contribution in [2.24, 2.45) is 0 Å². The first-order chi connectivity index (χ1) is 7.58. The second-order valence-corrected chi connectivity index (χ2v) is 5.33. The molecule has 0 aliphatic carbocycles. The molecule has 0 bridgehead atoms. The smallest absolute Gasteiger partial charge is 0.265 e. The number of rotatable bonds is 1. The lowest BCUT2D eigenvalue weighted by atomic mass is 10.1. The molecule has 1 aliphatic rings. The SMILES string of the molecule is Cc1ccc(/C=C2\SC(=S)N(C)C2=O)cc1. The summed E-state index contributed by atoms with van der Waals surface area (Å²) in [4.78, 5) is 13.9. The molecular formula is C12H11NOS2. The van der Waals surface area contributed by atoms with Gasteiger partial charge in [-0.05, 0) is 18.6 Å². The van der Waals surface area contributed by atoms with E-state index in [1.54, 1.807) is 7.05 Å². The molecule has 1 fully saturated rings. The van der Waals surface area contributed by atoms with Crippen LogP contribution in [0.15, 0.2) is 29.2 Å². The van der Waals surface area contributed by atoms with E-state index in [4.69, 9.17) is 12.2 Å². The molecule has 1 heterocycles. The highest BCUT2D eigenvalue weighted by Gasteiger charge is 2.28. The van der Waals surface area contributed by atoms with E-state index in [1.807, 2.05) is 37.3 Å². The lowest BCUT2D eigenvalue weighted by Gasteiger charge is -2.03. The van der Waals surface area contributed by atoms with Crippen molar-refractivity contribution in [3.63, 3.8) is 0 Å². The monoisotopic (exact) mass is 249 g/mol. The highest BCUT2D eigenvalue weighted by atomic mass is 32.2. The predicted molar refractivity (Wildman–Crippen MR) is 72.1 cm³/mol. The number of carbonyl (C=O) groups excluding carboxylic acids is 1. The number of nitrogens with zero attached hydrogens (tertiary/aromatic N) is 1. The van der Waals surface area contributed by atoms with Gasteiger partial charge in [-0.1, -0.05) is 53.8 Å². The Morgan fingerprint density at radius 2 is 1.94 bits per heavy atom. The van der Waals surface area contributed by atoms with Crippen LogP contribution in [-0.4, -0.2) is 22.2 Å². The summed E-state index contributed by atoms with van der Waals surface area (Å²) in [5.41, 5.74) is 2.24. The second-order valence-electron chi connectivity index (χ2n) is 3.65. The zero-order valence-electron chi connectivity index (χ0n) is 9.06. The van der Waals surface area contributed by atoms with Crippen LogP contribution < -0.4 is 0 Å². The van der Waals surface area contributed by atoms with E-state index in [-0.39, 0.29) is 5.91 Å². The number of thioether (sulfide) groups is 1. The van der Waals surface area contributed by atoms with Crippen LogP contribution in [0.4, 0.5) is 0 Å². The third-order valence-electron chi connectivity index (χ3n) is 2.36. The van der Waals surface area contributed by atoms with E-state index in [0.717, 1.165) is 5.56 Å². The molecule has 0 N–H and O–H groups in total. The average molecular weight is 249 g/mol. The molecule has 0 aromatic heterocycles. The third-order valence-corrected chi connectivity index (χ3v) is 3.85. The topological polar surface area (TPSA) is 20.3 Å². The van der Waals surface area contributed by atoms with Crippen molar-refractivity contribution < 1.29 is 4.79 Å². The molecule has 4 heteroatoms. The highest BCUT2D eigenvalue weighted by Crippen LogP contribution is 2.31. The Morgan fingerprint density at radius 3 is 2.44 bits per heavy atom. The fourth-order valence-electron chi connectivity index (χ4n) is 1.36. The van der Waals surface area contributed by atoms with Crippen LogP contribution in [0.3, 0.4) is 0 Å². The highest BCUT2D eigenvalue weighted by molar-refractivity contribution is 8.26. The van der Waals surface area contributed by atoms with Gasteiger partial charge in [0.15, 0.2) is 0 Å². The minimum Gasteiger partial charge on any atom is -0.296 e. The standard InChI is InChI=1S/C12H11NOS2/c1-8-3-5-9(6-4-8)7-10-11(14)13(2)12(15)16-10/h3-7H,1-2H3/b10-7-. The molecule has 2 nitrogen and oxygen atoms in total. The fourth-order valence-corrected chi connectivity index (χ4v) is 2.54. The van der Waals surface area contributed by atoms with Crippen molar-refractivity contribution in [2.75, 3.05) is 7.05 Å². The third kappa shape index (κ3) is 2.18. The molecule has 0 saturated carbocycles. The van der Waals surface area contributed by atoms with Crippen LogP contribution in [0.5, 0.6) is 0 Å². The first kappa shape index (κ1) is 11.4. The lowest BCUT2D eigenvalue weighted by molar-refractivity contribution is -0.121. The van der Waals surface area contributed by atoms with Gasteiger partial charge in [0, 0.05) is 7.05 Å². The van der Waals surface area contributed by atoms with E-state index in [2.05, 4.69) is 0 Å². The number of carbonyl (C=O) groups is 1. The van der Waals surface area contributed by atoms with E-state index < -0.39 is 0 Å². The van der Waals surface area contributed by atoms with E-state index in [9.17, 15) is 4.79 Å². The van der Waals surface area contributed by atoms with Crippen molar-refractivity contribution in [3.8, 4) is 0 Å². The quantitative estimate of drug-likeness (QED) is 0.564. The molecule has 1 aliphatic heterocycles. The van der Waals surface area contributed by atoms with Crippen LogP contribution >= 0.6 is 24.0 Å². The van der Waals surface area contributed by atoms with Gasteiger partial charge in [0.1, 0.15) is 4.32 Å². The molecule has 0 radical (unpaired) electrons. The second kappa shape index (κ2) is 4.39. The molecule has 0 spiro atoms. The van der Waals surface area contributed by atoms with Gasteiger partial charge in [0.25, 0.3) is 5.91 Å². The van der Waals surface area contributed by atoms with Crippen LogP contribution in [0.2, 0.25) is 0 Å². The van der Waals surface area contributed by atoms with Gasteiger partial charge in [-0.15, -0.1) is 0 Å². The van der Waals surface area contributed by atoms with Gasteiger partial charge in [0.2, 0.25) is 0 Å². The minimum absolute atomic E-state index is 0.0180. The molecule has 1 amide bonds. The molecule has 0 atom stereocenters. The Hall–Kier alpha value is -1.13. The molecule has 0 unspecified atom stereocenters. The van der Waals surface area contributed by atoms with Crippen molar-refractivity contribution in [1.29, 1.82) is 0 Å². The minimum atomic E-state index is -0.0180. The van der Waals surface area contributed by atoms with Crippen molar-refractivity contribution in [2.45, 2.75) is 6.92 Å². The lowest BCUT2D eigenvalue weighted by Crippen LogP contribution is -2.22. The van der Waals surface area contributed by atoms with Crippen LogP contribution in [0, 0.1) is 6.92 Å². The van der Waals surface area contributed by atoms with E-state index in [1.165, 1.54) is 22.2 Å². The van der Waals surface area contributed by atoms with Gasteiger partial charge in [-0.25, -0.2) is 0 Å². The summed E-state index contributed by atoms with van der Waals surface area (Å²) >= 11 is 6.41. The molecule has 2 rings (SSSR count). The van der Waals surface area contributed by atoms with Crippen molar-refractivity contribution >= 4 is 40.3 Å². The molecule has 16 heavy (non-hydrogen) atoms. The van der Waals surface area contributed by atoms with Gasteiger partial charge in [-0.2, -0.15) is 0 Å². The van der Waals surface area contributed by atoms with Crippen LogP contribution in [0.25, 0.3) is 6.08 Å². The number of benzene rings is 1. The van der Waals surface area contributed by atoms with Crippen LogP contribution in [0.1, 0.15) is 11.1 Å². The van der Waals surface area contributed by atoms with E-state index >= 15 is 0 Å². The number of hydrogen-bond donors (Lipinski definition) is 0. The molecule has 1 aromatic carbocycles. The zero-order chi connectivity index (χ0) is 11.7. The zero-order valence-corrected chi connectivity index (χ0v) is 10.7. The molecule has 1 saturated heterocycles. The number of likely N-dealkylation sites (N-methyl/N-ethyl adjacent to an activating group) is 1. The van der Waals surface area contributed by atoms with Crippen LogP contribution in [-0.2, 0) is 4.79 Å². The molecular weight excluding hydrogens is 238 g/mol. The Balaban J connectivity index is 2.29. The number of amides is 1. The number of thiocarbonyl (C=S) groups is 1. The maximum atomic E-state index is 11.7. The predicted octanol–water partition coefficient (Wildman–Crippen LogP) is 2.83. The Bertz CT molecular complexity index is 476. The largest absolute Gasteiger partial charge is 0.296 e. The normalized spacial score (nSPS) is 18.6. The van der Waals surface area contributed by atoms with Gasteiger partial charge < -0.3 is 0 Å². The summed E-state index contributed by atoms with van der Waals surface area (Å²) in [5, 5.41) is 0. The Labute approximate surface area is 104 Å².